The molecule has 0 amide bonds. The van der Waals surface area contributed by atoms with E-state index in [2.05, 4.69) is 11.8 Å². The summed E-state index contributed by atoms with van der Waals surface area (Å²) in [6.45, 7) is 6.39. The van der Waals surface area contributed by atoms with Gasteiger partial charge >= 0.3 is 0 Å². The van der Waals surface area contributed by atoms with Gasteiger partial charge in [0.1, 0.15) is 5.82 Å². The van der Waals surface area contributed by atoms with Crippen molar-refractivity contribution in [2.75, 3.05) is 19.6 Å². The number of aryl methyl sites for hydroxylation is 1. The number of nitrogens with zero attached hydrogens (tertiary/aromatic N) is 1. The van der Waals surface area contributed by atoms with Crippen molar-refractivity contribution in [1.82, 2.24) is 4.90 Å². The minimum Gasteiger partial charge on any atom is -0.303 e. The Kier molecular flexibility index (Phi) is 6.10. The van der Waals surface area contributed by atoms with Gasteiger partial charge in [0.25, 0.3) is 0 Å². The zero-order valence-corrected chi connectivity index (χ0v) is 14.6. The largest absolute Gasteiger partial charge is 0.303 e. The Bertz CT molecular complexity index is 461. The molecule has 1 aliphatic heterocycles. The molecule has 2 unspecified atom stereocenters. The summed E-state index contributed by atoms with van der Waals surface area (Å²) >= 11 is 0. The Morgan fingerprint density at radius 1 is 1.00 bits per heavy atom. The van der Waals surface area contributed by atoms with Crippen molar-refractivity contribution < 1.29 is 4.39 Å². The molecule has 0 spiro atoms. The number of halogens is 1. The quantitative estimate of drug-likeness (QED) is 0.688. The summed E-state index contributed by atoms with van der Waals surface area (Å²) in [6, 6.07) is 7.02. The van der Waals surface area contributed by atoms with E-state index in [1.54, 1.807) is 12.1 Å². The molecule has 1 aliphatic carbocycles. The first-order chi connectivity index (χ1) is 11.2. The molecule has 0 N–H and O–H groups in total. The van der Waals surface area contributed by atoms with Crippen LogP contribution in [0.3, 0.4) is 0 Å². The molecule has 3 rings (SSSR count). The minimum absolute atomic E-state index is 0.127. The maximum absolute atomic E-state index is 12.9. The van der Waals surface area contributed by atoms with Crippen LogP contribution in [0.1, 0.15) is 57.4 Å². The van der Waals surface area contributed by atoms with Gasteiger partial charge in [-0.3, -0.25) is 0 Å². The summed E-state index contributed by atoms with van der Waals surface area (Å²) < 4.78 is 12.9. The van der Waals surface area contributed by atoms with Crippen LogP contribution in [-0.4, -0.2) is 24.5 Å². The van der Waals surface area contributed by atoms with E-state index in [1.807, 2.05) is 12.1 Å². The normalized spacial score (nSPS) is 26.7. The molecule has 0 bridgehead atoms. The molecule has 23 heavy (non-hydrogen) atoms. The molecular weight excluding hydrogens is 285 g/mol. The van der Waals surface area contributed by atoms with Crippen LogP contribution in [0.15, 0.2) is 24.3 Å². The van der Waals surface area contributed by atoms with Gasteiger partial charge in [0.2, 0.25) is 0 Å². The molecule has 1 aromatic carbocycles. The van der Waals surface area contributed by atoms with Crippen LogP contribution in [0.25, 0.3) is 0 Å². The molecule has 1 saturated carbocycles. The molecule has 2 atom stereocenters. The predicted molar refractivity (Wildman–Crippen MR) is 95.0 cm³/mol. The second-order valence-corrected chi connectivity index (χ2v) is 8.05. The Morgan fingerprint density at radius 2 is 1.74 bits per heavy atom. The molecule has 1 nitrogen and oxygen atoms in total. The highest BCUT2D eigenvalue weighted by atomic mass is 19.1. The van der Waals surface area contributed by atoms with Gasteiger partial charge in [0.15, 0.2) is 0 Å². The number of hydrogen-bond donors (Lipinski definition) is 0. The SMILES string of the molecule is CC1CCC(CN2CCC(CCCc3ccc(F)cc3)CC2)C1. The van der Waals surface area contributed by atoms with E-state index < -0.39 is 0 Å². The molecule has 1 heterocycles. The van der Waals surface area contributed by atoms with Crippen LogP contribution >= 0.6 is 0 Å². The molecule has 1 saturated heterocycles. The van der Waals surface area contributed by atoms with Crippen LogP contribution in [0.5, 0.6) is 0 Å². The topological polar surface area (TPSA) is 3.24 Å². The van der Waals surface area contributed by atoms with Gasteiger partial charge in [-0.05, 0) is 87.1 Å². The molecule has 2 heteroatoms. The second-order valence-electron chi connectivity index (χ2n) is 8.05. The number of piperidine rings is 1. The predicted octanol–water partition coefficient (Wildman–Crippen LogP) is 5.30. The maximum atomic E-state index is 12.9. The van der Waals surface area contributed by atoms with Crippen LogP contribution in [-0.2, 0) is 6.42 Å². The van der Waals surface area contributed by atoms with Gasteiger partial charge in [-0.1, -0.05) is 31.9 Å². The lowest BCUT2D eigenvalue weighted by Crippen LogP contribution is -2.36. The van der Waals surface area contributed by atoms with Gasteiger partial charge in [-0.25, -0.2) is 4.39 Å². The average Bonchev–Trinajstić information content (AvgIpc) is 2.96. The number of benzene rings is 1. The standard InChI is InChI=1S/C21H32FN/c1-17-5-6-20(15-17)16-23-13-11-19(12-14-23)4-2-3-18-7-9-21(22)10-8-18/h7-10,17,19-20H,2-6,11-16H2,1H3. The minimum atomic E-state index is -0.127. The van der Waals surface area contributed by atoms with Gasteiger partial charge in [-0.15, -0.1) is 0 Å². The number of rotatable bonds is 6. The van der Waals surface area contributed by atoms with Crippen LogP contribution < -0.4 is 0 Å². The fourth-order valence-corrected chi connectivity index (χ4v) is 4.56. The Hall–Kier alpha value is -0.890. The highest BCUT2D eigenvalue weighted by Crippen LogP contribution is 2.32. The van der Waals surface area contributed by atoms with Crippen molar-refractivity contribution in [3.63, 3.8) is 0 Å². The van der Waals surface area contributed by atoms with Crippen LogP contribution in [0.4, 0.5) is 4.39 Å². The first-order valence-electron chi connectivity index (χ1n) is 9.66. The lowest BCUT2D eigenvalue weighted by molar-refractivity contribution is 0.155. The smallest absolute Gasteiger partial charge is 0.123 e. The fraction of sp³-hybridized carbons (Fsp3) is 0.714. The third kappa shape index (κ3) is 5.31. The molecule has 0 aromatic heterocycles. The Labute approximate surface area is 141 Å². The molecule has 2 fully saturated rings. The molecule has 2 aliphatic rings. The van der Waals surface area contributed by atoms with E-state index in [0.29, 0.717) is 0 Å². The first kappa shape index (κ1) is 17.0. The average molecular weight is 317 g/mol. The van der Waals surface area contributed by atoms with Gasteiger partial charge in [-0.2, -0.15) is 0 Å². The van der Waals surface area contributed by atoms with Crippen molar-refractivity contribution in [3.8, 4) is 0 Å². The summed E-state index contributed by atoms with van der Waals surface area (Å²) in [6.07, 6.45) is 10.8. The molecule has 128 valence electrons. The summed E-state index contributed by atoms with van der Waals surface area (Å²) in [5, 5.41) is 0. The lowest BCUT2D eigenvalue weighted by Gasteiger charge is -2.33. The summed E-state index contributed by atoms with van der Waals surface area (Å²) in [7, 11) is 0. The maximum Gasteiger partial charge on any atom is 0.123 e. The summed E-state index contributed by atoms with van der Waals surface area (Å²) in [5.74, 6) is 2.72. The highest BCUT2D eigenvalue weighted by molar-refractivity contribution is 5.15. The number of hydrogen-bond acceptors (Lipinski definition) is 1. The van der Waals surface area contributed by atoms with E-state index in [-0.39, 0.29) is 5.82 Å². The number of likely N-dealkylation sites (tertiary alicyclic amines) is 1. The summed E-state index contributed by atoms with van der Waals surface area (Å²) in [4.78, 5) is 2.72. The second kappa shape index (κ2) is 8.28. The van der Waals surface area contributed by atoms with Crippen LogP contribution in [0, 0.1) is 23.6 Å². The fourth-order valence-electron chi connectivity index (χ4n) is 4.56. The van der Waals surface area contributed by atoms with E-state index in [9.17, 15) is 4.39 Å². The first-order valence-corrected chi connectivity index (χ1v) is 9.66. The van der Waals surface area contributed by atoms with Gasteiger partial charge in [0.05, 0.1) is 0 Å². The monoisotopic (exact) mass is 317 g/mol. The molecule has 0 radical (unpaired) electrons. The molecule has 1 aromatic rings. The highest BCUT2D eigenvalue weighted by Gasteiger charge is 2.25. The van der Waals surface area contributed by atoms with Crippen molar-refractivity contribution in [2.24, 2.45) is 17.8 Å². The summed E-state index contributed by atoms with van der Waals surface area (Å²) in [5.41, 5.74) is 1.28. The zero-order chi connectivity index (χ0) is 16.1. The van der Waals surface area contributed by atoms with E-state index in [4.69, 9.17) is 0 Å². The Balaban J connectivity index is 1.30. The molecular formula is C21H32FN. The lowest BCUT2D eigenvalue weighted by atomic mass is 9.90. The van der Waals surface area contributed by atoms with Gasteiger partial charge in [0, 0.05) is 6.54 Å². The van der Waals surface area contributed by atoms with Crippen molar-refractivity contribution >= 4 is 0 Å². The van der Waals surface area contributed by atoms with E-state index in [0.717, 1.165) is 24.2 Å². The van der Waals surface area contributed by atoms with Crippen molar-refractivity contribution in [2.45, 2.75) is 58.3 Å². The third-order valence-corrected chi connectivity index (χ3v) is 6.02. The van der Waals surface area contributed by atoms with Crippen molar-refractivity contribution in [3.05, 3.63) is 35.6 Å². The van der Waals surface area contributed by atoms with Crippen LogP contribution in [0.2, 0.25) is 0 Å². The zero-order valence-electron chi connectivity index (χ0n) is 14.6. The van der Waals surface area contributed by atoms with Gasteiger partial charge < -0.3 is 4.90 Å². The van der Waals surface area contributed by atoms with E-state index >= 15 is 0 Å². The van der Waals surface area contributed by atoms with E-state index in [1.165, 1.54) is 70.1 Å². The van der Waals surface area contributed by atoms with Crippen molar-refractivity contribution in [1.29, 1.82) is 0 Å². The third-order valence-electron chi connectivity index (χ3n) is 6.02. The Morgan fingerprint density at radius 3 is 2.39 bits per heavy atom.